The molecule has 0 aromatic heterocycles. The van der Waals surface area contributed by atoms with E-state index in [1.54, 1.807) is 0 Å². The number of aryl methyl sites for hydroxylation is 1. The van der Waals surface area contributed by atoms with Crippen LogP contribution in [0.2, 0.25) is 5.02 Å². The standard InChI is InChI=1S/C18H28ClN3O/c1-15(14-22-10-8-21(2)9-11-22)13-20-18(23)7-6-16-4-3-5-17(19)12-16/h3-5,12,15H,6-11,13-14H2,1-2H3,(H,20,23)/t15-/m1/s1. The number of hydrogen-bond acceptors (Lipinski definition) is 3. The van der Waals surface area contributed by atoms with Crippen LogP contribution in [0.25, 0.3) is 0 Å². The predicted octanol–water partition coefficient (Wildman–Crippen LogP) is 2.27. The zero-order chi connectivity index (χ0) is 16.7. The van der Waals surface area contributed by atoms with E-state index in [-0.39, 0.29) is 5.91 Å². The minimum absolute atomic E-state index is 0.121. The lowest BCUT2D eigenvalue weighted by Gasteiger charge is -2.33. The zero-order valence-corrected chi connectivity index (χ0v) is 15.0. The Labute approximate surface area is 144 Å². The third kappa shape index (κ3) is 6.90. The number of piperazine rings is 1. The van der Waals surface area contributed by atoms with E-state index in [0.29, 0.717) is 12.3 Å². The largest absolute Gasteiger partial charge is 0.356 e. The summed E-state index contributed by atoms with van der Waals surface area (Å²) in [5, 5.41) is 3.78. The minimum atomic E-state index is 0.121. The van der Waals surface area contributed by atoms with E-state index in [1.807, 2.05) is 24.3 Å². The van der Waals surface area contributed by atoms with Gasteiger partial charge in [-0.05, 0) is 37.1 Å². The lowest BCUT2D eigenvalue weighted by atomic mass is 10.1. The normalized spacial score (nSPS) is 17.9. The molecule has 0 unspecified atom stereocenters. The van der Waals surface area contributed by atoms with E-state index < -0.39 is 0 Å². The minimum Gasteiger partial charge on any atom is -0.356 e. The highest BCUT2D eigenvalue weighted by atomic mass is 35.5. The molecule has 5 heteroatoms. The SMILES string of the molecule is C[C@H](CNC(=O)CCc1cccc(Cl)c1)CN1CCN(C)CC1. The molecular formula is C18H28ClN3O. The van der Waals surface area contributed by atoms with Gasteiger partial charge in [-0.25, -0.2) is 0 Å². The van der Waals surface area contributed by atoms with Gasteiger partial charge in [-0.2, -0.15) is 0 Å². The second-order valence-corrected chi connectivity index (χ2v) is 7.08. The highest BCUT2D eigenvalue weighted by Gasteiger charge is 2.16. The van der Waals surface area contributed by atoms with Crippen molar-refractivity contribution in [2.75, 3.05) is 46.3 Å². The molecule has 1 aliphatic heterocycles. The number of nitrogens with zero attached hydrogens (tertiary/aromatic N) is 2. The van der Waals surface area contributed by atoms with E-state index in [1.165, 1.54) is 0 Å². The van der Waals surface area contributed by atoms with Crippen LogP contribution in [0.5, 0.6) is 0 Å². The Kier molecular flexibility index (Phi) is 7.34. The molecule has 0 spiro atoms. The van der Waals surface area contributed by atoms with Crippen LogP contribution < -0.4 is 5.32 Å². The third-order valence-corrected chi connectivity index (χ3v) is 4.58. The maximum absolute atomic E-state index is 12.0. The first kappa shape index (κ1) is 18.2. The van der Waals surface area contributed by atoms with Crippen LogP contribution in [0.4, 0.5) is 0 Å². The van der Waals surface area contributed by atoms with Gasteiger partial charge in [0.2, 0.25) is 5.91 Å². The van der Waals surface area contributed by atoms with Gasteiger partial charge < -0.3 is 15.1 Å². The van der Waals surface area contributed by atoms with Gasteiger partial charge in [0.25, 0.3) is 0 Å². The van der Waals surface area contributed by atoms with Crippen molar-refractivity contribution in [2.24, 2.45) is 5.92 Å². The van der Waals surface area contributed by atoms with Gasteiger partial charge in [0, 0.05) is 50.7 Å². The number of hydrogen-bond donors (Lipinski definition) is 1. The van der Waals surface area contributed by atoms with Crippen molar-refractivity contribution < 1.29 is 4.79 Å². The van der Waals surface area contributed by atoms with Crippen LogP contribution in [-0.4, -0.2) is 62.0 Å². The first-order valence-corrected chi connectivity index (χ1v) is 8.83. The molecular weight excluding hydrogens is 310 g/mol. The number of rotatable bonds is 7. The second-order valence-electron chi connectivity index (χ2n) is 6.64. The first-order chi connectivity index (χ1) is 11.0. The Hall–Kier alpha value is -1.10. The number of halogens is 1. The molecule has 1 N–H and O–H groups in total. The molecule has 0 radical (unpaired) electrons. The molecule has 1 atom stereocenters. The van der Waals surface area contributed by atoms with Crippen molar-refractivity contribution in [3.63, 3.8) is 0 Å². The van der Waals surface area contributed by atoms with Crippen molar-refractivity contribution in [1.82, 2.24) is 15.1 Å². The van der Waals surface area contributed by atoms with Gasteiger partial charge in [-0.15, -0.1) is 0 Å². The van der Waals surface area contributed by atoms with Crippen molar-refractivity contribution in [1.29, 1.82) is 0 Å². The summed E-state index contributed by atoms with van der Waals surface area (Å²) in [5.74, 6) is 0.601. The molecule has 1 saturated heterocycles. The molecule has 0 aliphatic carbocycles. The van der Waals surface area contributed by atoms with E-state index in [4.69, 9.17) is 11.6 Å². The van der Waals surface area contributed by atoms with Crippen molar-refractivity contribution in [2.45, 2.75) is 19.8 Å². The number of benzene rings is 1. The topological polar surface area (TPSA) is 35.6 Å². The Morgan fingerprint density at radius 2 is 2.04 bits per heavy atom. The molecule has 2 rings (SSSR count). The summed E-state index contributed by atoms with van der Waals surface area (Å²) >= 11 is 5.96. The molecule has 1 amide bonds. The Balaban J connectivity index is 1.62. The van der Waals surface area contributed by atoms with Crippen molar-refractivity contribution in [3.05, 3.63) is 34.9 Å². The summed E-state index contributed by atoms with van der Waals surface area (Å²) in [4.78, 5) is 16.8. The summed E-state index contributed by atoms with van der Waals surface area (Å²) in [5.41, 5.74) is 1.11. The van der Waals surface area contributed by atoms with Crippen molar-refractivity contribution >= 4 is 17.5 Å². The van der Waals surface area contributed by atoms with E-state index in [2.05, 4.69) is 29.1 Å². The van der Waals surface area contributed by atoms with E-state index in [9.17, 15) is 4.79 Å². The summed E-state index contributed by atoms with van der Waals surface area (Å²) in [6.45, 7) is 8.54. The van der Waals surface area contributed by atoms with Crippen LogP contribution in [-0.2, 0) is 11.2 Å². The predicted molar refractivity (Wildman–Crippen MR) is 95.9 cm³/mol. The molecule has 23 heavy (non-hydrogen) atoms. The second kappa shape index (κ2) is 9.26. The van der Waals surface area contributed by atoms with Crippen LogP contribution in [0.15, 0.2) is 24.3 Å². The monoisotopic (exact) mass is 337 g/mol. The number of amides is 1. The number of likely N-dealkylation sites (N-methyl/N-ethyl adjacent to an activating group) is 1. The average Bonchev–Trinajstić information content (AvgIpc) is 2.53. The fourth-order valence-electron chi connectivity index (χ4n) is 2.86. The molecule has 1 aliphatic rings. The fourth-order valence-corrected chi connectivity index (χ4v) is 3.08. The lowest BCUT2D eigenvalue weighted by molar-refractivity contribution is -0.121. The quantitative estimate of drug-likeness (QED) is 0.829. The average molecular weight is 338 g/mol. The highest BCUT2D eigenvalue weighted by molar-refractivity contribution is 6.30. The summed E-state index contributed by atoms with van der Waals surface area (Å²) < 4.78 is 0. The van der Waals surface area contributed by atoms with Gasteiger partial charge in [0.15, 0.2) is 0 Å². The molecule has 128 valence electrons. The highest BCUT2D eigenvalue weighted by Crippen LogP contribution is 2.12. The van der Waals surface area contributed by atoms with Crippen LogP contribution in [0.1, 0.15) is 18.9 Å². The van der Waals surface area contributed by atoms with Crippen molar-refractivity contribution in [3.8, 4) is 0 Å². The smallest absolute Gasteiger partial charge is 0.220 e. The van der Waals surface area contributed by atoms with Crippen LogP contribution in [0.3, 0.4) is 0 Å². The number of carbonyl (C=O) groups excluding carboxylic acids is 1. The van der Waals surface area contributed by atoms with Gasteiger partial charge in [0.1, 0.15) is 0 Å². The van der Waals surface area contributed by atoms with E-state index in [0.717, 1.165) is 56.3 Å². The van der Waals surface area contributed by atoms with Gasteiger partial charge in [-0.3, -0.25) is 4.79 Å². The Bertz CT molecular complexity index is 501. The third-order valence-electron chi connectivity index (χ3n) is 4.34. The van der Waals surface area contributed by atoms with Crippen LogP contribution in [0, 0.1) is 5.92 Å². The summed E-state index contributed by atoms with van der Waals surface area (Å²) in [6, 6.07) is 7.71. The molecule has 1 fully saturated rings. The first-order valence-electron chi connectivity index (χ1n) is 8.45. The molecule has 0 bridgehead atoms. The Morgan fingerprint density at radius 1 is 1.30 bits per heavy atom. The maximum Gasteiger partial charge on any atom is 0.220 e. The zero-order valence-electron chi connectivity index (χ0n) is 14.2. The maximum atomic E-state index is 12.0. The molecule has 1 aromatic rings. The molecule has 1 aromatic carbocycles. The van der Waals surface area contributed by atoms with Crippen LogP contribution >= 0.6 is 11.6 Å². The lowest BCUT2D eigenvalue weighted by Crippen LogP contribution is -2.46. The van der Waals surface area contributed by atoms with Gasteiger partial charge in [0.05, 0.1) is 0 Å². The number of carbonyl (C=O) groups is 1. The molecule has 1 heterocycles. The summed E-state index contributed by atoms with van der Waals surface area (Å²) in [7, 11) is 2.17. The molecule has 0 saturated carbocycles. The van der Waals surface area contributed by atoms with Gasteiger partial charge in [-0.1, -0.05) is 30.7 Å². The summed E-state index contributed by atoms with van der Waals surface area (Å²) in [6.07, 6.45) is 1.25. The Morgan fingerprint density at radius 3 is 2.74 bits per heavy atom. The molecule has 4 nitrogen and oxygen atoms in total. The van der Waals surface area contributed by atoms with E-state index >= 15 is 0 Å². The fraction of sp³-hybridized carbons (Fsp3) is 0.611. The number of nitrogens with one attached hydrogen (secondary N) is 1. The van der Waals surface area contributed by atoms with Gasteiger partial charge >= 0.3 is 0 Å².